The summed E-state index contributed by atoms with van der Waals surface area (Å²) >= 11 is 0. The highest BCUT2D eigenvalue weighted by atomic mass is 15.1. The van der Waals surface area contributed by atoms with Crippen molar-refractivity contribution in [3.63, 3.8) is 0 Å². The minimum atomic E-state index is 0.759. The van der Waals surface area contributed by atoms with Crippen molar-refractivity contribution in [2.45, 2.75) is 26.7 Å². The molecule has 0 aliphatic heterocycles. The third kappa shape index (κ3) is 2.87. The zero-order valence-electron chi connectivity index (χ0n) is 14.6. The Hall–Kier alpha value is -2.75. The number of rotatable bonds is 5. The van der Waals surface area contributed by atoms with Crippen LogP contribution in [0.15, 0.2) is 48.7 Å². The van der Waals surface area contributed by atoms with Gasteiger partial charge in [0.15, 0.2) is 0 Å². The van der Waals surface area contributed by atoms with Gasteiger partial charge in [-0.25, -0.2) is 4.98 Å². The van der Waals surface area contributed by atoms with Crippen LogP contribution in [0.3, 0.4) is 0 Å². The topological polar surface area (TPSA) is 55.9 Å². The van der Waals surface area contributed by atoms with Gasteiger partial charge in [-0.1, -0.05) is 32.1 Å². The lowest BCUT2D eigenvalue weighted by Crippen LogP contribution is -2.04. The van der Waals surface area contributed by atoms with Crippen molar-refractivity contribution in [1.29, 1.82) is 0 Å². The summed E-state index contributed by atoms with van der Waals surface area (Å²) in [5, 5.41) is 3.36. The fourth-order valence-electron chi connectivity index (χ4n) is 2.99. The molecular formula is C20H24N4. The average Bonchev–Trinajstić information content (AvgIpc) is 2.89. The molecule has 0 bridgehead atoms. The molecule has 1 aromatic heterocycles. The molecule has 0 unspecified atom stereocenters. The highest BCUT2D eigenvalue weighted by molar-refractivity contribution is 5.83. The lowest BCUT2D eigenvalue weighted by Gasteiger charge is -2.15. The summed E-state index contributed by atoms with van der Waals surface area (Å²) in [4.78, 5) is 4.78. The van der Waals surface area contributed by atoms with Crippen LogP contribution in [0.4, 0.5) is 11.4 Å². The number of para-hydroxylation sites is 2. The molecule has 24 heavy (non-hydrogen) atoms. The minimum Gasteiger partial charge on any atom is -0.397 e. The normalized spacial score (nSPS) is 11.0. The van der Waals surface area contributed by atoms with Gasteiger partial charge in [0.2, 0.25) is 0 Å². The van der Waals surface area contributed by atoms with E-state index in [0.717, 1.165) is 57.9 Å². The Labute approximate surface area is 143 Å². The number of nitrogens with one attached hydrogen (secondary N) is 1. The van der Waals surface area contributed by atoms with E-state index in [1.807, 2.05) is 32.2 Å². The number of benzene rings is 2. The summed E-state index contributed by atoms with van der Waals surface area (Å²) in [6.07, 6.45) is 1.98. The minimum absolute atomic E-state index is 0.759. The molecule has 0 aliphatic rings. The summed E-state index contributed by atoms with van der Waals surface area (Å²) in [5.41, 5.74) is 13.1. The van der Waals surface area contributed by atoms with Crippen LogP contribution in [0, 0.1) is 6.92 Å². The standard InChI is InChI=1S/C20H24N4/c1-5-8-14(3)22-17-12-15(11-13(2)19(17)21)20-23-16-9-6-7-10-18(16)24(20)4/h6-7,9-12,22H,3,5,8,21H2,1-2,4H3. The van der Waals surface area contributed by atoms with E-state index in [1.54, 1.807) is 0 Å². The van der Waals surface area contributed by atoms with E-state index in [9.17, 15) is 0 Å². The Bertz CT molecular complexity index is 905. The predicted octanol–water partition coefficient (Wildman–Crippen LogP) is 4.86. The second-order valence-corrected chi connectivity index (χ2v) is 6.22. The van der Waals surface area contributed by atoms with E-state index in [-0.39, 0.29) is 0 Å². The van der Waals surface area contributed by atoms with Crippen LogP contribution in [-0.2, 0) is 7.05 Å². The SMILES string of the molecule is C=C(CCC)Nc1cc(-c2nc3ccccc3n2C)cc(C)c1N. The van der Waals surface area contributed by atoms with E-state index in [4.69, 9.17) is 10.7 Å². The number of imidazole rings is 1. The molecular weight excluding hydrogens is 296 g/mol. The molecule has 0 radical (unpaired) electrons. The largest absolute Gasteiger partial charge is 0.397 e. The summed E-state index contributed by atoms with van der Waals surface area (Å²) in [6, 6.07) is 12.3. The van der Waals surface area contributed by atoms with Gasteiger partial charge >= 0.3 is 0 Å². The van der Waals surface area contributed by atoms with Gasteiger partial charge < -0.3 is 15.6 Å². The molecule has 0 saturated carbocycles. The predicted molar refractivity (Wildman–Crippen MR) is 103 cm³/mol. The van der Waals surface area contributed by atoms with Crippen LogP contribution in [0.1, 0.15) is 25.3 Å². The molecule has 0 amide bonds. The van der Waals surface area contributed by atoms with Crippen LogP contribution in [0.2, 0.25) is 0 Å². The van der Waals surface area contributed by atoms with Gasteiger partial charge in [0.25, 0.3) is 0 Å². The number of allylic oxidation sites excluding steroid dienone is 1. The number of anilines is 2. The smallest absolute Gasteiger partial charge is 0.140 e. The van der Waals surface area contributed by atoms with Crippen LogP contribution in [-0.4, -0.2) is 9.55 Å². The van der Waals surface area contributed by atoms with Crippen molar-refractivity contribution < 1.29 is 0 Å². The van der Waals surface area contributed by atoms with Crippen molar-refractivity contribution in [1.82, 2.24) is 9.55 Å². The van der Waals surface area contributed by atoms with Gasteiger partial charge in [-0.2, -0.15) is 0 Å². The highest BCUT2D eigenvalue weighted by Gasteiger charge is 2.13. The molecule has 0 saturated heterocycles. The Morgan fingerprint density at radius 1 is 1.29 bits per heavy atom. The lowest BCUT2D eigenvalue weighted by molar-refractivity contribution is 0.913. The number of nitrogens with zero attached hydrogens (tertiary/aromatic N) is 2. The van der Waals surface area contributed by atoms with E-state index >= 15 is 0 Å². The van der Waals surface area contributed by atoms with Gasteiger partial charge in [0.05, 0.1) is 22.4 Å². The third-order valence-electron chi connectivity index (χ3n) is 4.30. The first kappa shape index (κ1) is 16.1. The first-order chi connectivity index (χ1) is 11.5. The van der Waals surface area contributed by atoms with Crippen molar-refractivity contribution in [3.05, 3.63) is 54.2 Å². The van der Waals surface area contributed by atoms with E-state index in [0.29, 0.717) is 0 Å². The summed E-state index contributed by atoms with van der Waals surface area (Å²) in [6.45, 7) is 8.24. The van der Waals surface area contributed by atoms with Crippen LogP contribution in [0.25, 0.3) is 22.4 Å². The van der Waals surface area contributed by atoms with Gasteiger partial charge in [-0.05, 0) is 43.2 Å². The maximum atomic E-state index is 6.26. The summed E-state index contributed by atoms with van der Waals surface area (Å²) in [5.74, 6) is 0.934. The molecule has 124 valence electrons. The fourth-order valence-corrected chi connectivity index (χ4v) is 2.99. The number of nitrogens with two attached hydrogens (primary N) is 1. The van der Waals surface area contributed by atoms with Crippen molar-refractivity contribution in [2.75, 3.05) is 11.1 Å². The van der Waals surface area contributed by atoms with Gasteiger partial charge in [0.1, 0.15) is 5.82 Å². The van der Waals surface area contributed by atoms with Crippen molar-refractivity contribution in [3.8, 4) is 11.4 Å². The van der Waals surface area contributed by atoms with Gasteiger partial charge in [-0.3, -0.25) is 0 Å². The van der Waals surface area contributed by atoms with Crippen LogP contribution in [0.5, 0.6) is 0 Å². The zero-order valence-corrected chi connectivity index (χ0v) is 14.6. The van der Waals surface area contributed by atoms with E-state index in [1.165, 1.54) is 0 Å². The molecule has 1 heterocycles. The maximum absolute atomic E-state index is 6.26. The molecule has 4 heteroatoms. The van der Waals surface area contributed by atoms with E-state index in [2.05, 4.69) is 41.6 Å². The molecule has 3 rings (SSSR count). The van der Waals surface area contributed by atoms with Crippen LogP contribution >= 0.6 is 0 Å². The first-order valence-corrected chi connectivity index (χ1v) is 8.28. The number of aromatic nitrogens is 2. The average molecular weight is 320 g/mol. The van der Waals surface area contributed by atoms with Crippen LogP contribution < -0.4 is 11.1 Å². The lowest BCUT2D eigenvalue weighted by atomic mass is 10.1. The molecule has 0 spiro atoms. The Balaban J connectivity index is 2.09. The number of fused-ring (bicyclic) bond motifs is 1. The molecule has 0 fully saturated rings. The Morgan fingerprint density at radius 3 is 2.75 bits per heavy atom. The maximum Gasteiger partial charge on any atom is 0.140 e. The second-order valence-electron chi connectivity index (χ2n) is 6.22. The molecule has 3 N–H and O–H groups in total. The van der Waals surface area contributed by atoms with E-state index < -0.39 is 0 Å². The molecule has 2 aromatic carbocycles. The summed E-state index contributed by atoms with van der Waals surface area (Å²) < 4.78 is 2.12. The molecule has 0 aliphatic carbocycles. The second kappa shape index (κ2) is 6.40. The third-order valence-corrected chi connectivity index (χ3v) is 4.30. The molecule has 4 nitrogen and oxygen atoms in total. The fraction of sp³-hybridized carbons (Fsp3) is 0.250. The molecule has 3 aromatic rings. The zero-order chi connectivity index (χ0) is 17.3. The monoisotopic (exact) mass is 320 g/mol. The molecule has 0 atom stereocenters. The number of aryl methyl sites for hydroxylation is 2. The summed E-state index contributed by atoms with van der Waals surface area (Å²) in [7, 11) is 2.04. The van der Waals surface area contributed by atoms with Crippen molar-refractivity contribution in [2.24, 2.45) is 7.05 Å². The quantitative estimate of drug-likeness (QED) is 0.660. The first-order valence-electron chi connectivity index (χ1n) is 8.28. The Morgan fingerprint density at radius 2 is 2.04 bits per heavy atom. The Kier molecular flexibility index (Phi) is 4.30. The van der Waals surface area contributed by atoms with Gasteiger partial charge in [-0.15, -0.1) is 0 Å². The number of hydrogen-bond acceptors (Lipinski definition) is 3. The number of hydrogen-bond donors (Lipinski definition) is 2. The number of nitrogen functional groups attached to an aromatic ring is 1. The highest BCUT2D eigenvalue weighted by Crippen LogP contribution is 2.32. The van der Waals surface area contributed by atoms with Gasteiger partial charge in [0, 0.05) is 18.3 Å². The van der Waals surface area contributed by atoms with Crippen molar-refractivity contribution >= 4 is 22.4 Å².